The molecule has 514 valence electrons. The maximum absolute atomic E-state index is 14.7. The number of rotatable bonds is 28. The molecule has 17 atom stereocenters. The summed E-state index contributed by atoms with van der Waals surface area (Å²) in [5, 5.41) is 36.1. The number of unbranched alkanes of at least 4 members (excludes halogenated alkanes) is 1. The number of aliphatic hydroxyl groups excluding tert-OH is 1. The number of amides is 5. The maximum atomic E-state index is 14.7. The van der Waals surface area contributed by atoms with E-state index in [2.05, 4.69) is 27.8 Å². The van der Waals surface area contributed by atoms with Crippen LogP contribution in [0, 0.1) is 29.6 Å². The van der Waals surface area contributed by atoms with Crippen molar-refractivity contribution in [3.63, 3.8) is 0 Å². The van der Waals surface area contributed by atoms with Crippen LogP contribution in [0.1, 0.15) is 144 Å². The van der Waals surface area contributed by atoms with Crippen molar-refractivity contribution in [2.24, 2.45) is 29.6 Å². The van der Waals surface area contributed by atoms with Gasteiger partial charge in [-0.25, -0.2) is 9.59 Å². The first-order chi connectivity index (χ1) is 43.6. The predicted octanol–water partition coefficient (Wildman–Crippen LogP) is 4.98. The Kier molecular flexibility index (Phi) is 31.3. The van der Waals surface area contributed by atoms with Crippen LogP contribution >= 0.6 is 11.8 Å². The third-order valence-corrected chi connectivity index (χ3v) is 20.2. The second-order valence-corrected chi connectivity index (χ2v) is 26.9. The molecule has 2 bridgehead atoms. The van der Waals surface area contributed by atoms with Gasteiger partial charge in [-0.1, -0.05) is 51.0 Å². The van der Waals surface area contributed by atoms with Crippen molar-refractivity contribution in [3.8, 4) is 0 Å². The minimum absolute atomic E-state index is 0.0103. The molecule has 0 unspecified atom stereocenters. The van der Waals surface area contributed by atoms with Crippen molar-refractivity contribution < 1.29 is 91.2 Å². The zero-order valence-electron chi connectivity index (χ0n) is 55.0. The largest absolute Gasteiger partial charge is 0.460 e. The number of ether oxygens (including phenoxy) is 9. The van der Waals surface area contributed by atoms with Crippen LogP contribution in [0.15, 0.2) is 36.0 Å². The molecule has 25 heteroatoms. The molecule has 0 aromatic heterocycles. The average Bonchev–Trinajstić information content (AvgIpc) is 1.78. The molecule has 0 aromatic rings. The number of urea groups is 1. The Morgan fingerprint density at radius 3 is 2.14 bits per heavy atom. The third-order valence-electron chi connectivity index (χ3n) is 18.6. The summed E-state index contributed by atoms with van der Waals surface area (Å²) in [5.41, 5.74) is 1.49. The molecule has 0 aromatic carbocycles. The molecule has 0 spiro atoms. The van der Waals surface area contributed by atoms with Crippen molar-refractivity contribution in [2.45, 2.75) is 216 Å². The molecule has 1 saturated carbocycles. The van der Waals surface area contributed by atoms with Crippen molar-refractivity contribution >= 4 is 59.0 Å². The Morgan fingerprint density at radius 1 is 0.813 bits per heavy atom. The van der Waals surface area contributed by atoms with Gasteiger partial charge in [0, 0.05) is 89.0 Å². The van der Waals surface area contributed by atoms with Gasteiger partial charge in [0.25, 0.3) is 11.7 Å². The van der Waals surface area contributed by atoms with E-state index in [1.54, 1.807) is 26.8 Å². The number of nitrogens with one attached hydrogen (secondary N) is 4. The first-order valence-corrected chi connectivity index (χ1v) is 34.0. The fourth-order valence-electron chi connectivity index (χ4n) is 13.5. The van der Waals surface area contributed by atoms with Gasteiger partial charge < -0.3 is 79.0 Å². The SMILES string of the molecule is C=CC[C@@H]1/C=C(\C)C[C@H](C)C[C@H](OC)[C@H]2O[C@@](O)(C(=O)C(=O)N3CCCC[C@H]3C(=O)O[C@H](/C(C)=C/[C@@H]3CC[C@@H](OC(=O)CCC(=O)NCCOCCOCCOCCNC(=O)CCCC[C@@H]4SC[C@@H]5NC(=O)N[C@@H]54)[C@H](OC)C3)[C@H](C)[C@@H](O)CC1=O)[C@H](C)C[C@@H]2OC. The summed E-state index contributed by atoms with van der Waals surface area (Å²) in [6, 6.07) is -0.929. The number of carbonyl (C=O) groups excluding carboxylic acids is 8. The Morgan fingerprint density at radius 2 is 1.47 bits per heavy atom. The van der Waals surface area contributed by atoms with E-state index in [0.29, 0.717) is 108 Å². The summed E-state index contributed by atoms with van der Waals surface area (Å²) in [6.07, 6.45) is 6.47. The van der Waals surface area contributed by atoms with Crippen molar-refractivity contribution in [3.05, 3.63) is 36.0 Å². The highest BCUT2D eigenvalue weighted by Crippen LogP contribution is 2.40. The van der Waals surface area contributed by atoms with Crippen molar-refractivity contribution in [1.82, 2.24) is 26.2 Å². The van der Waals surface area contributed by atoms with E-state index in [9.17, 15) is 48.6 Å². The molecule has 24 nitrogen and oxygen atoms in total. The molecule has 5 aliphatic heterocycles. The summed E-state index contributed by atoms with van der Waals surface area (Å²) in [7, 11) is 4.55. The second-order valence-electron chi connectivity index (χ2n) is 25.6. The first-order valence-electron chi connectivity index (χ1n) is 33.0. The number of piperidine rings is 1. The number of hydrogen-bond acceptors (Lipinski definition) is 20. The van der Waals surface area contributed by atoms with Crippen LogP contribution in [0.5, 0.6) is 0 Å². The van der Waals surface area contributed by atoms with Crippen LogP contribution in [-0.4, -0.2) is 221 Å². The number of hydrogen-bond donors (Lipinski definition) is 6. The number of Topliss-reactive ketones (excluding diaryl/α,β-unsaturated/α-hetero) is 2. The molecule has 6 aliphatic rings. The van der Waals surface area contributed by atoms with Crippen LogP contribution in [0.3, 0.4) is 0 Å². The van der Waals surface area contributed by atoms with Gasteiger partial charge in [-0.2, -0.15) is 11.8 Å². The number of thioether (sulfide) groups is 1. The quantitative estimate of drug-likeness (QED) is 0.0198. The van der Waals surface area contributed by atoms with Gasteiger partial charge in [0.1, 0.15) is 30.1 Å². The molecule has 5 fully saturated rings. The fourth-order valence-corrected chi connectivity index (χ4v) is 15.0. The fraction of sp³-hybridized carbons (Fsp3) is 0.788. The van der Waals surface area contributed by atoms with Crippen molar-refractivity contribution in [2.75, 3.05) is 86.4 Å². The van der Waals surface area contributed by atoms with E-state index in [0.717, 1.165) is 35.5 Å². The molecule has 5 amide bonds. The molecular formula is C66H105N5O19S. The van der Waals surface area contributed by atoms with Gasteiger partial charge in [-0.3, -0.25) is 28.8 Å². The first kappa shape index (κ1) is 75.2. The minimum atomic E-state index is -2.57. The number of allylic oxidation sites excluding steroid dienone is 4. The number of methoxy groups -OCH3 is 3. The Balaban J connectivity index is 0.952. The number of fused-ring (bicyclic) bond motifs is 4. The lowest BCUT2D eigenvalue weighted by Crippen LogP contribution is -2.64. The summed E-state index contributed by atoms with van der Waals surface area (Å²) < 4.78 is 52.9. The topological polar surface area (TPSA) is 311 Å². The zero-order valence-corrected chi connectivity index (χ0v) is 55.8. The summed E-state index contributed by atoms with van der Waals surface area (Å²) in [4.78, 5) is 108. The van der Waals surface area contributed by atoms with Gasteiger partial charge in [0.15, 0.2) is 0 Å². The number of aliphatic hydroxyl groups is 2. The van der Waals surface area contributed by atoms with Crippen LogP contribution in [-0.2, 0) is 76.2 Å². The van der Waals surface area contributed by atoms with Gasteiger partial charge in [-0.05, 0) is 108 Å². The van der Waals surface area contributed by atoms with Crippen LogP contribution in [0.4, 0.5) is 4.79 Å². The Hall–Kier alpha value is -4.83. The molecule has 91 heavy (non-hydrogen) atoms. The number of cyclic esters (lactones) is 1. The predicted molar refractivity (Wildman–Crippen MR) is 338 cm³/mol. The van der Waals surface area contributed by atoms with Gasteiger partial charge in [0.2, 0.25) is 17.6 Å². The Bertz CT molecular complexity index is 2490. The highest BCUT2D eigenvalue weighted by molar-refractivity contribution is 8.00. The lowest BCUT2D eigenvalue weighted by atomic mass is 9.81. The highest BCUT2D eigenvalue weighted by atomic mass is 32.2. The van der Waals surface area contributed by atoms with E-state index in [-0.39, 0.29) is 99.3 Å². The van der Waals surface area contributed by atoms with Gasteiger partial charge >= 0.3 is 18.0 Å². The number of esters is 2. The number of nitrogens with zero attached hydrogens (tertiary/aromatic N) is 1. The monoisotopic (exact) mass is 1300 g/mol. The van der Waals surface area contributed by atoms with Gasteiger partial charge in [-0.15, -0.1) is 6.58 Å². The number of carbonyl (C=O) groups is 8. The summed E-state index contributed by atoms with van der Waals surface area (Å²) in [5.74, 6) is -8.40. The van der Waals surface area contributed by atoms with Crippen LogP contribution in [0.25, 0.3) is 0 Å². The molecule has 1 aliphatic carbocycles. The molecule has 0 radical (unpaired) electrons. The average molecular weight is 1300 g/mol. The summed E-state index contributed by atoms with van der Waals surface area (Å²) >= 11 is 1.87. The standard InChI is InChI=1S/C66H105N5O19S/c1-10-15-46-33-40(2)32-41(3)34-53(83-8)61-54(84-9)36-43(5)66(81,90-61)62(77)63(78)71-25-14-13-16-48(71)64(79)89-60(44(6)49(72)38-50(46)73)42(4)35-45-19-20-51(52(37-45)82-7)88-58(76)22-21-57(75)68-24-27-86-29-31-87-30-28-85-26-23-67-56(74)18-12-11-17-55-59-47(39-91-55)69-65(80)70-59/h10,33,35,41,43-49,51-55,59-61,72,81H,1,11-32,34,36-39H2,2-9H3,(H,67,74)(H,68,75)(H2,69,70,80)/b40-33+,42-35+/t41-,43+,44+,45-,46+,47-,48-,49-,51+,52+,53-,54-,55-,59-,60+,61+,66+/m0/s1. The zero-order chi connectivity index (χ0) is 66.2. The lowest BCUT2D eigenvalue weighted by molar-refractivity contribution is -0.302. The van der Waals surface area contributed by atoms with E-state index in [1.165, 1.54) is 21.3 Å². The van der Waals surface area contributed by atoms with E-state index in [4.69, 9.17) is 42.6 Å². The van der Waals surface area contributed by atoms with Crippen LogP contribution < -0.4 is 21.3 Å². The summed E-state index contributed by atoms with van der Waals surface area (Å²) in [6.45, 7) is 15.6. The molecule has 6 rings (SSSR count). The van der Waals surface area contributed by atoms with Crippen molar-refractivity contribution in [1.29, 1.82) is 0 Å². The maximum Gasteiger partial charge on any atom is 0.329 e. The molecular weight excluding hydrogens is 1200 g/mol. The third kappa shape index (κ3) is 22.4. The second kappa shape index (κ2) is 37.9. The van der Waals surface area contributed by atoms with E-state index >= 15 is 0 Å². The van der Waals surface area contributed by atoms with Crippen LogP contribution in [0.2, 0.25) is 0 Å². The lowest BCUT2D eigenvalue weighted by Gasteiger charge is -2.47. The number of ketones is 2. The van der Waals surface area contributed by atoms with Gasteiger partial charge in [0.05, 0.1) is 82.6 Å². The molecule has 4 saturated heterocycles. The normalized spacial score (nSPS) is 33.6. The van der Waals surface area contributed by atoms with E-state index < -0.39 is 95.9 Å². The highest BCUT2D eigenvalue weighted by Gasteiger charge is 2.57. The smallest absolute Gasteiger partial charge is 0.329 e. The van der Waals surface area contributed by atoms with E-state index in [1.807, 2.05) is 37.8 Å². The minimum Gasteiger partial charge on any atom is -0.460 e. The molecule has 6 N–H and O–H groups in total. The molecule has 5 heterocycles. The Labute approximate surface area is 541 Å².